The Balaban J connectivity index is 1.38. The van der Waals surface area contributed by atoms with Crippen LogP contribution in [0.5, 0.6) is 5.75 Å². The van der Waals surface area contributed by atoms with Gasteiger partial charge in [0.1, 0.15) is 16.8 Å². The van der Waals surface area contributed by atoms with Crippen LogP contribution in [0.2, 0.25) is 5.02 Å². The third-order valence-electron chi connectivity index (χ3n) is 5.46. The van der Waals surface area contributed by atoms with Crippen LogP contribution in [0.15, 0.2) is 29.4 Å². The number of aromatic nitrogens is 3. The summed E-state index contributed by atoms with van der Waals surface area (Å²) in [6.07, 6.45) is 4.97. The number of aryl methyl sites for hydroxylation is 1. The molecule has 0 bridgehead atoms. The Kier molecular flexibility index (Phi) is 7.58. The van der Waals surface area contributed by atoms with Crippen molar-refractivity contribution >= 4 is 45.6 Å². The first-order valence-corrected chi connectivity index (χ1v) is 12.9. The van der Waals surface area contributed by atoms with E-state index in [1.165, 1.54) is 23.1 Å². The maximum atomic E-state index is 12.6. The normalized spacial score (nSPS) is 14.1. The number of amides is 1. The monoisotopic (exact) mass is 501 g/mol. The summed E-state index contributed by atoms with van der Waals surface area (Å²) in [5.41, 5.74) is 1.75. The minimum Gasteiger partial charge on any atom is -0.483 e. The van der Waals surface area contributed by atoms with Gasteiger partial charge in [0.25, 0.3) is 0 Å². The average molecular weight is 502 g/mol. The number of nitriles is 1. The van der Waals surface area contributed by atoms with Crippen LogP contribution in [0.1, 0.15) is 54.1 Å². The molecule has 1 aliphatic carbocycles. The minimum atomic E-state index is -0.344. The molecule has 0 spiro atoms. The van der Waals surface area contributed by atoms with E-state index >= 15 is 0 Å². The van der Waals surface area contributed by atoms with Gasteiger partial charge in [0.15, 0.2) is 17.1 Å². The molecule has 1 aliphatic rings. The maximum absolute atomic E-state index is 12.6. The number of benzene rings is 1. The molecule has 33 heavy (non-hydrogen) atoms. The van der Waals surface area contributed by atoms with Crippen LogP contribution in [0.3, 0.4) is 0 Å². The Hall–Kier alpha value is -2.54. The minimum absolute atomic E-state index is 0.166. The number of carbonyl (C=O) groups excluding carboxylic acids is 1. The maximum Gasteiger partial charge on any atom is 0.235 e. The zero-order chi connectivity index (χ0) is 23.4. The summed E-state index contributed by atoms with van der Waals surface area (Å²) in [7, 11) is 1.84. The quantitative estimate of drug-likeness (QED) is 0.337. The van der Waals surface area contributed by atoms with E-state index in [9.17, 15) is 10.1 Å². The lowest BCUT2D eigenvalue weighted by atomic mass is 10.1. The number of halogens is 1. The number of nitrogens with one attached hydrogen (secondary N) is 1. The lowest BCUT2D eigenvalue weighted by Crippen LogP contribution is -2.15. The molecule has 4 rings (SSSR count). The van der Waals surface area contributed by atoms with Crippen LogP contribution < -0.4 is 10.1 Å². The number of thiophene rings is 1. The molecule has 0 fully saturated rings. The summed E-state index contributed by atoms with van der Waals surface area (Å²) >= 11 is 8.86. The highest BCUT2D eigenvalue weighted by Gasteiger charge is 2.22. The predicted molar refractivity (Wildman–Crippen MR) is 131 cm³/mol. The van der Waals surface area contributed by atoms with Crippen LogP contribution in [0.25, 0.3) is 0 Å². The largest absolute Gasteiger partial charge is 0.483 e. The molecule has 2 heterocycles. The van der Waals surface area contributed by atoms with Gasteiger partial charge in [-0.15, -0.1) is 21.5 Å². The van der Waals surface area contributed by atoms with Gasteiger partial charge in [0, 0.05) is 16.9 Å². The molecule has 172 valence electrons. The van der Waals surface area contributed by atoms with Gasteiger partial charge >= 0.3 is 0 Å². The highest BCUT2D eigenvalue weighted by atomic mass is 35.5. The van der Waals surface area contributed by atoms with Crippen LogP contribution in [0, 0.1) is 11.3 Å². The average Bonchev–Trinajstić information content (AvgIpc) is 3.22. The molecule has 0 saturated heterocycles. The summed E-state index contributed by atoms with van der Waals surface area (Å²) in [5.74, 6) is 1.30. The van der Waals surface area contributed by atoms with E-state index in [0.29, 0.717) is 32.3 Å². The van der Waals surface area contributed by atoms with Crippen LogP contribution >= 0.6 is 34.7 Å². The van der Waals surface area contributed by atoms with Crippen LogP contribution in [-0.4, -0.2) is 26.4 Å². The van der Waals surface area contributed by atoms with Gasteiger partial charge < -0.3 is 14.6 Å². The number of hydrogen-bond acceptors (Lipinski definition) is 7. The highest BCUT2D eigenvalue weighted by Crippen LogP contribution is 2.37. The molecule has 2 aromatic heterocycles. The summed E-state index contributed by atoms with van der Waals surface area (Å²) in [6, 6.07) is 9.48. The SMILES string of the molecule is CC(Oc1cccc(Cl)c1)c1nnc(SCC(=O)Nc2sc3c(c2C#N)CCCCC3)n1C. The van der Waals surface area contributed by atoms with Crippen molar-refractivity contribution in [2.24, 2.45) is 7.05 Å². The second-order valence-electron chi connectivity index (χ2n) is 7.83. The molecule has 1 aromatic carbocycles. The van der Waals surface area contributed by atoms with Gasteiger partial charge in [-0.3, -0.25) is 4.79 Å². The molecule has 1 atom stereocenters. The number of carbonyl (C=O) groups is 1. The molecule has 7 nitrogen and oxygen atoms in total. The van der Waals surface area contributed by atoms with Crippen molar-refractivity contribution in [3.8, 4) is 11.8 Å². The molecule has 0 saturated carbocycles. The topological polar surface area (TPSA) is 92.8 Å². The number of ether oxygens (including phenoxy) is 1. The first kappa shape index (κ1) is 23.6. The van der Waals surface area contributed by atoms with E-state index in [4.69, 9.17) is 16.3 Å². The van der Waals surface area contributed by atoms with Crippen LogP contribution in [-0.2, 0) is 24.7 Å². The van der Waals surface area contributed by atoms with Gasteiger partial charge in [-0.25, -0.2) is 0 Å². The lowest BCUT2D eigenvalue weighted by molar-refractivity contribution is -0.113. The number of fused-ring (bicyclic) bond motifs is 1. The van der Waals surface area contributed by atoms with Crippen molar-refractivity contribution in [3.05, 3.63) is 51.1 Å². The molecule has 0 radical (unpaired) electrons. The second kappa shape index (κ2) is 10.6. The van der Waals surface area contributed by atoms with Crippen molar-refractivity contribution < 1.29 is 9.53 Å². The Morgan fingerprint density at radius 2 is 2.18 bits per heavy atom. The zero-order valence-electron chi connectivity index (χ0n) is 18.4. The molecule has 1 amide bonds. The third-order valence-corrected chi connectivity index (χ3v) is 7.92. The van der Waals surface area contributed by atoms with Crippen molar-refractivity contribution in [2.45, 2.75) is 50.3 Å². The summed E-state index contributed by atoms with van der Waals surface area (Å²) in [6.45, 7) is 1.89. The Bertz CT molecular complexity index is 1200. The van der Waals surface area contributed by atoms with Crippen molar-refractivity contribution in [1.82, 2.24) is 14.8 Å². The summed E-state index contributed by atoms with van der Waals surface area (Å²) in [4.78, 5) is 13.9. The fraction of sp³-hybridized carbons (Fsp3) is 0.391. The van der Waals surface area contributed by atoms with E-state index in [-0.39, 0.29) is 17.8 Å². The van der Waals surface area contributed by atoms with E-state index in [1.807, 2.05) is 30.7 Å². The predicted octanol–water partition coefficient (Wildman–Crippen LogP) is 5.54. The fourth-order valence-electron chi connectivity index (χ4n) is 3.84. The molecule has 3 aromatic rings. The van der Waals surface area contributed by atoms with Crippen molar-refractivity contribution in [1.29, 1.82) is 5.26 Å². The first-order chi connectivity index (χ1) is 16.0. The Morgan fingerprint density at radius 3 is 2.97 bits per heavy atom. The standard InChI is InChI=1S/C23H24ClN5O2S2/c1-14(31-16-8-6-7-15(24)11-16)21-27-28-23(29(21)2)32-13-20(30)26-22-18(12-25)17-9-4-3-5-10-19(17)33-22/h6-8,11,14H,3-5,9-10,13H2,1-2H3,(H,26,30). The third kappa shape index (κ3) is 5.52. The van der Waals surface area contributed by atoms with Gasteiger partial charge in [-0.2, -0.15) is 5.26 Å². The lowest BCUT2D eigenvalue weighted by Gasteiger charge is -2.14. The molecule has 0 aliphatic heterocycles. The number of anilines is 1. The Morgan fingerprint density at radius 1 is 1.36 bits per heavy atom. The van der Waals surface area contributed by atoms with E-state index < -0.39 is 0 Å². The molecule has 1 unspecified atom stereocenters. The van der Waals surface area contributed by atoms with Crippen molar-refractivity contribution in [3.63, 3.8) is 0 Å². The van der Waals surface area contributed by atoms with E-state index in [0.717, 1.165) is 31.2 Å². The van der Waals surface area contributed by atoms with Crippen molar-refractivity contribution in [2.75, 3.05) is 11.1 Å². The molecular weight excluding hydrogens is 478 g/mol. The summed E-state index contributed by atoms with van der Waals surface area (Å²) in [5, 5.41) is 22.9. The van der Waals surface area contributed by atoms with Crippen LogP contribution in [0.4, 0.5) is 5.00 Å². The zero-order valence-corrected chi connectivity index (χ0v) is 20.8. The molecule has 10 heteroatoms. The highest BCUT2D eigenvalue weighted by molar-refractivity contribution is 7.99. The van der Waals surface area contributed by atoms with Gasteiger partial charge in [0.05, 0.1) is 11.3 Å². The number of thioether (sulfide) groups is 1. The number of hydrogen-bond donors (Lipinski definition) is 1. The summed E-state index contributed by atoms with van der Waals surface area (Å²) < 4.78 is 7.75. The first-order valence-electron chi connectivity index (χ1n) is 10.7. The van der Waals surface area contributed by atoms with Gasteiger partial charge in [0.2, 0.25) is 5.91 Å². The second-order valence-corrected chi connectivity index (χ2v) is 10.3. The number of rotatable bonds is 7. The molecular formula is C23H24ClN5O2S2. The van der Waals surface area contributed by atoms with E-state index in [2.05, 4.69) is 21.6 Å². The Labute approximate surface area is 206 Å². The van der Waals surface area contributed by atoms with E-state index in [1.54, 1.807) is 23.5 Å². The fourth-order valence-corrected chi connectivity index (χ4v) is 6.00. The smallest absolute Gasteiger partial charge is 0.235 e. The molecule has 1 N–H and O–H groups in total. The van der Waals surface area contributed by atoms with Gasteiger partial charge in [-0.05, 0) is 56.4 Å². The number of nitrogens with zero attached hydrogens (tertiary/aromatic N) is 4. The van der Waals surface area contributed by atoms with Gasteiger partial charge in [-0.1, -0.05) is 35.9 Å².